The fourth-order valence-electron chi connectivity index (χ4n) is 12.9. The smallest absolute Gasteiger partial charge is 0.330 e. The van der Waals surface area contributed by atoms with Crippen LogP contribution in [0.5, 0.6) is 46.0 Å². The van der Waals surface area contributed by atoms with Crippen molar-refractivity contribution >= 4 is 121 Å². The molecule has 6 aromatic carbocycles. The molecule has 7 aliphatic rings. The fraction of sp³-hybridized carbons (Fsp3) is 0.380. The maximum atomic E-state index is 16.2. The second-order valence-corrected chi connectivity index (χ2v) is 31.5. The number of fused-ring (bicyclic) bond motifs is 15. The first-order chi connectivity index (χ1) is 51.1. The Morgan fingerprint density at radius 2 is 1.33 bits per heavy atom. The highest BCUT2D eigenvalue weighted by atomic mass is 127. The number of primary amides is 1. The molecule has 37 heteroatoms. The molecular formula is C71H75BrCl2IN9O23S. The van der Waals surface area contributed by atoms with E-state index in [9.17, 15) is 69.9 Å². The lowest BCUT2D eigenvalue weighted by Gasteiger charge is -2.46. The number of carboxylic acids is 1. The van der Waals surface area contributed by atoms with Gasteiger partial charge in [-0.1, -0.05) is 93.8 Å². The Morgan fingerprint density at radius 3 is 1.94 bits per heavy atom. The molecule has 6 aromatic rings. The molecule has 2 fully saturated rings. The number of carbonyl (C=O) groups is 8. The van der Waals surface area contributed by atoms with Gasteiger partial charge in [-0.2, -0.15) is 0 Å². The third kappa shape index (κ3) is 17.7. The summed E-state index contributed by atoms with van der Waals surface area (Å²) in [6.45, 7) is 5.17. The van der Waals surface area contributed by atoms with E-state index in [4.69, 9.17) is 63.1 Å². The number of alkyl halides is 1. The molecule has 15 unspecified atom stereocenters. The number of likely N-dealkylation sites (N-methyl/N-ethyl adjacent to an activating group) is 1. The highest BCUT2D eigenvalue weighted by Crippen LogP contribution is 2.50. The number of aliphatic hydroxyl groups excluding tert-OH is 5. The molecule has 13 rings (SSSR count). The number of hydrogen-bond donors (Lipinski definition) is 18. The lowest BCUT2D eigenvalue weighted by Crippen LogP contribution is -2.63. The molecule has 0 aliphatic carbocycles. The van der Waals surface area contributed by atoms with Gasteiger partial charge in [-0.05, 0) is 127 Å². The maximum absolute atomic E-state index is 16.2. The van der Waals surface area contributed by atoms with Gasteiger partial charge in [0.05, 0.1) is 34.7 Å². The van der Waals surface area contributed by atoms with Crippen LogP contribution in [0.25, 0.3) is 11.1 Å². The molecule has 20 N–H and O–H groups in total. The summed E-state index contributed by atoms with van der Waals surface area (Å²) >= 11 is 20.8. The Kier molecular flexibility index (Phi) is 25.0. The van der Waals surface area contributed by atoms with E-state index in [-0.39, 0.29) is 57.7 Å². The quantitative estimate of drug-likeness (QED) is 0.0298. The molecule has 7 aliphatic heterocycles. The Balaban J connectivity index is 1.16. The molecule has 576 valence electrons. The van der Waals surface area contributed by atoms with Crippen molar-refractivity contribution in [3.8, 4) is 57.1 Å². The number of aliphatic hydroxyl groups is 5. The number of thioether (sulfide) groups is 1. The third-order valence-electron chi connectivity index (χ3n) is 18.5. The van der Waals surface area contributed by atoms with Crippen LogP contribution in [0.3, 0.4) is 0 Å². The molecule has 32 nitrogen and oxygen atoms in total. The summed E-state index contributed by atoms with van der Waals surface area (Å²) in [4.78, 5) is 118. The number of hydrogen-bond acceptors (Lipinski definition) is 25. The van der Waals surface area contributed by atoms with Gasteiger partial charge >= 0.3 is 5.97 Å². The second-order valence-electron chi connectivity index (χ2n) is 26.7. The first kappa shape index (κ1) is 80.6. The number of halogens is 4. The van der Waals surface area contributed by atoms with Crippen LogP contribution in [-0.4, -0.2) is 183 Å². The number of phenols is 3. The summed E-state index contributed by atoms with van der Waals surface area (Å²) in [7, 11) is 1.48. The summed E-state index contributed by atoms with van der Waals surface area (Å²) in [5.41, 5.74) is 9.63. The lowest BCUT2D eigenvalue weighted by atomic mass is 9.89. The summed E-state index contributed by atoms with van der Waals surface area (Å²) in [5, 5.41) is 122. The van der Waals surface area contributed by atoms with E-state index < -0.39 is 223 Å². The normalized spacial score (nSPS) is 28.3. The summed E-state index contributed by atoms with van der Waals surface area (Å²) in [6.07, 6.45) is -17.8. The standard InChI is InChI=1S/C71H75BrCl2IN9O23S/c1-26(2)15-39(78-4)63(94)83-54-56(89)29-6-13-43(37(73)17-29)103-45-19-31-20-46(60(45)107-70-61(106-49-24-71(75,77)62(93)27(3)102-49)59(92)58(91)47(105-70)25-108-34-10-8-32(72)9-11-34)104-44-14-7-30(18-38(44)74)57(90)55-68(99)82-53(69(100)101)36-21-33(85)22-42(87)50(36)35-16-28(5-12-41(35)86)51(65(96)84-55)81-66(97)52(31)80-64(95)40(23-48(76)88)79-67(54)98/h5-14,16-22,26-27,39-40,47,49,51-59,61-62,70,78,85-87,89-93H,15,23-25,77H2,1-4H3,(H2,76,88)(H,79,98)(H,80,95)(H,81,97)(H,82,99)(H,83,94)(H,84,96)(H,100,101)/t27?,39-,40?,47?,49?,51?,52?,53?,54?,55-,56?,57+,58?,59?,61?,62?,70?,71?/m0/s1. The zero-order chi connectivity index (χ0) is 78.2. The van der Waals surface area contributed by atoms with Crippen molar-refractivity contribution in [3.63, 3.8) is 0 Å². The largest absolute Gasteiger partial charge is 0.508 e. The van der Waals surface area contributed by atoms with Crippen molar-refractivity contribution in [2.45, 2.75) is 152 Å². The van der Waals surface area contributed by atoms with E-state index >= 15 is 14.4 Å². The summed E-state index contributed by atoms with van der Waals surface area (Å²) in [6, 6.07) is 6.81. The topological polar surface area (TPSA) is 510 Å². The molecule has 7 heterocycles. The van der Waals surface area contributed by atoms with Gasteiger partial charge in [0.15, 0.2) is 29.9 Å². The zero-order valence-corrected chi connectivity index (χ0v) is 63.4. The minimum Gasteiger partial charge on any atom is -0.508 e. The van der Waals surface area contributed by atoms with E-state index in [1.54, 1.807) is 24.3 Å². The van der Waals surface area contributed by atoms with Gasteiger partial charge in [0.2, 0.25) is 53.4 Å². The van der Waals surface area contributed by atoms with Gasteiger partial charge in [-0.25, -0.2) is 4.79 Å². The van der Waals surface area contributed by atoms with Crippen LogP contribution in [0.4, 0.5) is 0 Å². The van der Waals surface area contributed by atoms with Crippen molar-refractivity contribution in [2.24, 2.45) is 17.4 Å². The number of carboxylic acid groups (broad SMARTS) is 1. The lowest BCUT2D eigenvalue weighted by molar-refractivity contribution is -0.325. The number of aliphatic carboxylic acids is 1. The van der Waals surface area contributed by atoms with Crippen molar-refractivity contribution in [2.75, 3.05) is 12.8 Å². The Hall–Kier alpha value is -8.38. The van der Waals surface area contributed by atoms with Crippen molar-refractivity contribution in [3.05, 3.63) is 145 Å². The van der Waals surface area contributed by atoms with E-state index in [0.29, 0.717) is 4.90 Å². The number of amides is 7. The van der Waals surface area contributed by atoms with Crippen molar-refractivity contribution in [1.82, 2.24) is 37.2 Å². The SMILES string of the molecule is CN[C@@H](CC(C)C)C(=O)NC1C(=O)NC(CC(N)=O)C(=O)NC2C(=O)NC3C(=O)N[C@H](C(=O)NC(C(=O)O)c4cc(O)cc(O)c4-c4cc3ccc4O)[C@H](O)c3ccc(c(Cl)c3)Oc3cc2cc(c3OC2OC(CSc3ccc(Br)cc3)C(O)C(O)C2OC2CC(N)(I)C(O)C(C)O2)Oc2ccc(cc2Cl)C1O. The molecule has 0 aromatic heterocycles. The fourth-order valence-corrected chi connectivity index (χ4v) is 15.5. The summed E-state index contributed by atoms with van der Waals surface area (Å²) in [5.74, 6) is -15.8. The van der Waals surface area contributed by atoms with Gasteiger partial charge < -0.3 is 123 Å². The van der Waals surface area contributed by atoms with Gasteiger partial charge in [-0.15, -0.1) is 11.8 Å². The number of carbonyl (C=O) groups excluding carboxylic acids is 7. The number of nitrogens with two attached hydrogens (primary N) is 2. The monoisotopic (exact) mass is 1730 g/mol. The van der Waals surface area contributed by atoms with Crippen molar-refractivity contribution in [1.29, 1.82) is 0 Å². The van der Waals surface area contributed by atoms with E-state index in [1.165, 1.54) is 43.9 Å². The first-order valence-electron chi connectivity index (χ1n) is 33.5. The van der Waals surface area contributed by atoms with Crippen LogP contribution in [0, 0.1) is 5.92 Å². The minimum atomic E-state index is -2.34. The highest BCUT2D eigenvalue weighted by molar-refractivity contribution is 14.1. The van der Waals surface area contributed by atoms with Crippen LogP contribution in [0.15, 0.2) is 112 Å². The van der Waals surface area contributed by atoms with Crippen LogP contribution in [0.2, 0.25) is 10.0 Å². The average Bonchev–Trinajstić information content (AvgIpc) is 0.767. The number of phenolic OH excluding ortho intramolecular Hbond substituents is 3. The molecule has 18 atom stereocenters. The van der Waals surface area contributed by atoms with E-state index in [2.05, 4.69) is 53.1 Å². The first-order valence-corrected chi connectivity index (χ1v) is 37.1. The number of benzene rings is 6. The Bertz CT molecular complexity index is 4500. The molecule has 0 saturated carbocycles. The number of nitrogens with one attached hydrogen (secondary N) is 7. The van der Waals surface area contributed by atoms with E-state index in [0.717, 1.165) is 65.1 Å². The number of rotatable bonds is 15. The van der Waals surface area contributed by atoms with Crippen LogP contribution >= 0.6 is 73.5 Å². The zero-order valence-electron chi connectivity index (χ0n) is 57.4. The minimum absolute atomic E-state index is 0.0811. The molecule has 108 heavy (non-hydrogen) atoms. The molecule has 7 amide bonds. The molecule has 0 spiro atoms. The van der Waals surface area contributed by atoms with Gasteiger partial charge in [0.25, 0.3) is 0 Å². The second kappa shape index (κ2) is 33.4. The molecule has 2 saturated heterocycles. The van der Waals surface area contributed by atoms with Crippen LogP contribution < -0.4 is 62.9 Å². The Labute approximate surface area is 651 Å². The van der Waals surface area contributed by atoms with Gasteiger partial charge in [0, 0.05) is 44.3 Å². The Morgan fingerprint density at radius 1 is 0.722 bits per heavy atom. The van der Waals surface area contributed by atoms with Crippen LogP contribution in [0.1, 0.15) is 98.2 Å². The van der Waals surface area contributed by atoms with E-state index in [1.807, 2.05) is 36.4 Å². The number of ether oxygens (including phenoxy) is 6. The molecule has 11 bridgehead atoms. The predicted molar refractivity (Wildman–Crippen MR) is 395 cm³/mol. The van der Waals surface area contributed by atoms with Gasteiger partial charge in [-0.3, -0.25) is 33.6 Å². The average molecular weight is 1730 g/mol. The van der Waals surface area contributed by atoms with Crippen molar-refractivity contribution < 1.29 is 113 Å². The predicted octanol–water partition coefficient (Wildman–Crippen LogP) is 4.04. The number of aromatic hydroxyl groups is 3. The molecule has 0 radical (unpaired) electrons. The third-order valence-corrected chi connectivity index (χ3v) is 21.8. The highest BCUT2D eigenvalue weighted by Gasteiger charge is 2.52. The van der Waals surface area contributed by atoms with Gasteiger partial charge in [0.1, 0.15) is 93.0 Å². The molecular weight excluding hydrogens is 1660 g/mol. The van der Waals surface area contributed by atoms with Crippen LogP contribution in [-0.2, 0) is 52.6 Å². The maximum Gasteiger partial charge on any atom is 0.330 e. The summed E-state index contributed by atoms with van der Waals surface area (Å²) < 4.78 is 39.0.